The second-order valence-corrected chi connectivity index (χ2v) is 9.52. The molecule has 1 N–H and O–H groups in total. The van der Waals surface area contributed by atoms with Crippen LogP contribution in [0.3, 0.4) is 0 Å². The number of alkyl halides is 2. The third kappa shape index (κ3) is 3.76. The summed E-state index contributed by atoms with van der Waals surface area (Å²) in [5, 5.41) is 1.15. The van der Waals surface area contributed by atoms with Gasteiger partial charge in [0.1, 0.15) is 0 Å². The Balaban J connectivity index is 1.31. The van der Waals surface area contributed by atoms with Gasteiger partial charge in [-0.2, -0.15) is 0 Å². The molecule has 3 aromatic rings. The number of hydrogen-bond acceptors (Lipinski definition) is 6. The fraction of sp³-hybridized carbons (Fsp3) is 0.520. The Morgan fingerprint density at radius 1 is 1.12 bits per heavy atom. The Bertz CT molecular complexity index is 1150. The van der Waals surface area contributed by atoms with Gasteiger partial charge in [0.2, 0.25) is 5.95 Å². The average molecular weight is 470 g/mol. The number of anilines is 1. The number of ether oxygens (including phenoxy) is 2. The number of piperidine rings is 1. The van der Waals surface area contributed by atoms with Gasteiger partial charge in [0.05, 0.1) is 25.8 Å². The quantitative estimate of drug-likeness (QED) is 0.625. The Morgan fingerprint density at radius 2 is 1.82 bits per heavy atom. The van der Waals surface area contributed by atoms with Gasteiger partial charge in [-0.1, -0.05) is 18.2 Å². The molecule has 0 unspecified atom stereocenters. The van der Waals surface area contributed by atoms with Crippen molar-refractivity contribution in [2.45, 2.75) is 50.5 Å². The van der Waals surface area contributed by atoms with Gasteiger partial charge < -0.3 is 19.4 Å². The number of nitrogens with zero attached hydrogens (tertiary/aromatic N) is 4. The number of H-pyrrole nitrogens is 1. The van der Waals surface area contributed by atoms with Crippen molar-refractivity contribution in [3.05, 3.63) is 53.5 Å². The topological polar surface area (TPSA) is 66.5 Å². The van der Waals surface area contributed by atoms with Crippen molar-refractivity contribution in [3.8, 4) is 0 Å². The van der Waals surface area contributed by atoms with Crippen molar-refractivity contribution in [3.63, 3.8) is 0 Å². The Hall–Kier alpha value is -2.62. The van der Waals surface area contributed by atoms with Gasteiger partial charge >= 0.3 is 0 Å². The number of fused-ring (bicyclic) bond motifs is 3. The molecule has 2 atom stereocenters. The molecule has 5 heterocycles. The molecule has 180 valence electrons. The smallest absolute Gasteiger partial charge is 0.251 e. The molecule has 2 saturated heterocycles. The van der Waals surface area contributed by atoms with Crippen LogP contribution in [0, 0.1) is 0 Å². The second kappa shape index (κ2) is 8.55. The summed E-state index contributed by atoms with van der Waals surface area (Å²) < 4.78 is 38.8. The van der Waals surface area contributed by atoms with Gasteiger partial charge in [-0.3, -0.25) is 4.90 Å². The zero-order valence-corrected chi connectivity index (χ0v) is 19.2. The van der Waals surface area contributed by atoms with Crippen LogP contribution >= 0.6 is 0 Å². The van der Waals surface area contributed by atoms with E-state index in [-0.39, 0.29) is 18.6 Å². The molecule has 0 saturated carbocycles. The molecular formula is C25H29F2N5O2. The summed E-state index contributed by atoms with van der Waals surface area (Å²) in [5.74, 6) is 0.203. The second-order valence-electron chi connectivity index (χ2n) is 9.52. The molecule has 9 heteroatoms. The number of para-hydroxylation sites is 1. The van der Waals surface area contributed by atoms with Gasteiger partial charge in [0.15, 0.2) is 5.79 Å². The fourth-order valence-electron chi connectivity index (χ4n) is 5.78. The van der Waals surface area contributed by atoms with E-state index in [0.717, 1.165) is 54.5 Å². The standard InChI is InChI=1S/C25H29F2N5O2/c1-16-12-19-18-4-2-3-5-20(18)30-22(19)23(32(16)15-21(26)27)17-13-28-24(29-14-17)31-8-6-25(7-9-31)33-10-11-34-25/h2-5,13-14,16,21,23,30H,6-12,15H2,1H3/t16-,23-/m1/s1. The maximum absolute atomic E-state index is 13.6. The number of nitrogens with one attached hydrogen (secondary N) is 1. The van der Waals surface area contributed by atoms with Crippen molar-refractivity contribution < 1.29 is 18.3 Å². The normalized spacial score (nSPS) is 24.9. The third-order valence-electron chi connectivity index (χ3n) is 7.46. The molecule has 2 fully saturated rings. The first kappa shape index (κ1) is 21.9. The molecule has 3 aliphatic rings. The monoisotopic (exact) mass is 469 g/mol. The maximum atomic E-state index is 13.6. The largest absolute Gasteiger partial charge is 0.357 e. The first-order valence-corrected chi connectivity index (χ1v) is 12.0. The predicted octanol–water partition coefficient (Wildman–Crippen LogP) is 3.90. The molecule has 0 radical (unpaired) electrons. The zero-order chi connectivity index (χ0) is 23.3. The molecule has 0 aliphatic carbocycles. The molecule has 7 nitrogen and oxygen atoms in total. The lowest BCUT2D eigenvalue weighted by Gasteiger charge is -2.40. The lowest BCUT2D eigenvalue weighted by Crippen LogP contribution is -2.46. The highest BCUT2D eigenvalue weighted by molar-refractivity contribution is 5.85. The molecule has 0 amide bonds. The summed E-state index contributed by atoms with van der Waals surface area (Å²) in [4.78, 5) is 16.8. The van der Waals surface area contributed by atoms with E-state index in [1.54, 1.807) is 12.4 Å². The van der Waals surface area contributed by atoms with E-state index in [2.05, 4.69) is 25.9 Å². The van der Waals surface area contributed by atoms with Gasteiger partial charge in [-0.25, -0.2) is 18.7 Å². The van der Waals surface area contributed by atoms with Crippen molar-refractivity contribution >= 4 is 16.9 Å². The van der Waals surface area contributed by atoms with Crippen LogP contribution in [0.2, 0.25) is 0 Å². The molecule has 2 aromatic heterocycles. The van der Waals surface area contributed by atoms with E-state index < -0.39 is 12.2 Å². The highest BCUT2D eigenvalue weighted by atomic mass is 19.3. The lowest BCUT2D eigenvalue weighted by atomic mass is 9.89. The summed E-state index contributed by atoms with van der Waals surface area (Å²) in [6.07, 6.45) is 3.45. The van der Waals surface area contributed by atoms with E-state index in [1.165, 1.54) is 5.56 Å². The molecule has 1 spiro atoms. The first-order valence-electron chi connectivity index (χ1n) is 12.0. The first-order chi connectivity index (χ1) is 16.5. The van der Waals surface area contributed by atoms with E-state index in [1.807, 2.05) is 30.0 Å². The predicted molar refractivity (Wildman–Crippen MR) is 124 cm³/mol. The minimum Gasteiger partial charge on any atom is -0.357 e. The highest BCUT2D eigenvalue weighted by Crippen LogP contribution is 2.41. The van der Waals surface area contributed by atoms with E-state index in [9.17, 15) is 8.78 Å². The number of aromatic amines is 1. The van der Waals surface area contributed by atoms with Crippen molar-refractivity contribution in [2.24, 2.45) is 0 Å². The van der Waals surface area contributed by atoms with Crippen molar-refractivity contribution in [1.82, 2.24) is 19.9 Å². The summed E-state index contributed by atoms with van der Waals surface area (Å²) in [6.45, 7) is 4.53. The van der Waals surface area contributed by atoms with Crippen LogP contribution in [0.4, 0.5) is 14.7 Å². The van der Waals surface area contributed by atoms with E-state index >= 15 is 0 Å². The van der Waals surface area contributed by atoms with Gasteiger partial charge in [-0.15, -0.1) is 0 Å². The van der Waals surface area contributed by atoms with Crippen LogP contribution in [-0.4, -0.2) is 71.0 Å². The van der Waals surface area contributed by atoms with Crippen molar-refractivity contribution in [2.75, 3.05) is 37.7 Å². The summed E-state index contributed by atoms with van der Waals surface area (Å²) in [6, 6.07) is 7.76. The third-order valence-corrected chi connectivity index (χ3v) is 7.46. The molecule has 0 bridgehead atoms. The Labute approximate surface area is 197 Å². The molecule has 1 aromatic carbocycles. The van der Waals surface area contributed by atoms with Gasteiger partial charge in [0, 0.05) is 66.5 Å². The minimum absolute atomic E-state index is 0.0323. The highest BCUT2D eigenvalue weighted by Gasteiger charge is 2.41. The summed E-state index contributed by atoms with van der Waals surface area (Å²) >= 11 is 0. The number of benzene rings is 1. The SMILES string of the molecule is C[C@@H]1Cc2c([nH]c3ccccc23)[C@@H](c2cnc(N3CCC4(CC3)OCCO4)nc2)N1CC(F)F. The zero-order valence-electron chi connectivity index (χ0n) is 19.2. The Kier molecular flexibility index (Phi) is 5.50. The van der Waals surface area contributed by atoms with Gasteiger partial charge in [0.25, 0.3) is 6.43 Å². The summed E-state index contributed by atoms with van der Waals surface area (Å²) in [5.41, 5.74) is 4.01. The molecular weight excluding hydrogens is 440 g/mol. The van der Waals surface area contributed by atoms with Crippen molar-refractivity contribution in [1.29, 1.82) is 0 Å². The van der Waals surface area contributed by atoms with E-state index in [4.69, 9.17) is 9.47 Å². The van der Waals surface area contributed by atoms with Gasteiger partial charge in [-0.05, 0) is 25.0 Å². The number of aromatic nitrogens is 3. The molecule has 3 aliphatic heterocycles. The Morgan fingerprint density at radius 3 is 2.53 bits per heavy atom. The lowest BCUT2D eigenvalue weighted by molar-refractivity contribution is -0.169. The number of halogens is 2. The molecule has 6 rings (SSSR count). The molecule has 34 heavy (non-hydrogen) atoms. The van der Waals surface area contributed by atoms with E-state index in [0.29, 0.717) is 19.2 Å². The minimum atomic E-state index is -2.42. The number of rotatable bonds is 4. The fourth-order valence-corrected chi connectivity index (χ4v) is 5.78. The maximum Gasteiger partial charge on any atom is 0.251 e. The average Bonchev–Trinajstić information content (AvgIpc) is 3.45. The van der Waals surface area contributed by atoms with Crippen LogP contribution in [0.15, 0.2) is 36.7 Å². The van der Waals surface area contributed by atoms with Crippen LogP contribution in [0.1, 0.15) is 42.6 Å². The van der Waals surface area contributed by atoms with Crippen LogP contribution in [-0.2, 0) is 15.9 Å². The van der Waals surface area contributed by atoms with Crippen LogP contribution in [0.5, 0.6) is 0 Å². The number of hydrogen-bond donors (Lipinski definition) is 1. The van der Waals surface area contributed by atoms with Crippen LogP contribution < -0.4 is 4.90 Å². The summed E-state index contributed by atoms with van der Waals surface area (Å²) in [7, 11) is 0. The van der Waals surface area contributed by atoms with Crippen LogP contribution in [0.25, 0.3) is 10.9 Å².